The van der Waals surface area contributed by atoms with Crippen molar-refractivity contribution in [2.24, 2.45) is 14.1 Å². The van der Waals surface area contributed by atoms with Gasteiger partial charge in [0.15, 0.2) is 6.29 Å². The van der Waals surface area contributed by atoms with Crippen LogP contribution in [-0.2, 0) is 20.5 Å². The zero-order valence-electron chi connectivity index (χ0n) is 33.1. The van der Waals surface area contributed by atoms with Crippen LogP contribution in [0.15, 0.2) is 48.7 Å². The molecule has 55 heavy (non-hydrogen) atoms. The monoisotopic (exact) mass is 780 g/mol. The van der Waals surface area contributed by atoms with Gasteiger partial charge in [0.1, 0.15) is 5.75 Å². The Bertz CT molecular complexity index is 2430. The fourth-order valence-electron chi connectivity index (χ4n) is 8.60. The third kappa shape index (κ3) is 7.02. The van der Waals surface area contributed by atoms with E-state index in [4.69, 9.17) is 33.0 Å². The molecule has 9 nitrogen and oxygen atoms in total. The maximum atomic E-state index is 13.4. The zero-order valence-corrected chi connectivity index (χ0v) is 34.6. The number of likely N-dealkylation sites (tertiary alicyclic amines) is 1. The maximum Gasteiger partial charge on any atom is 0.253 e. The van der Waals surface area contributed by atoms with Gasteiger partial charge in [0.25, 0.3) is 5.91 Å². The van der Waals surface area contributed by atoms with Crippen molar-refractivity contribution in [1.29, 1.82) is 0 Å². The molecule has 7 rings (SSSR count). The fourth-order valence-corrected chi connectivity index (χ4v) is 8.96. The van der Waals surface area contributed by atoms with Crippen molar-refractivity contribution in [1.82, 2.24) is 23.8 Å². The molecule has 3 aromatic carbocycles. The van der Waals surface area contributed by atoms with Crippen LogP contribution in [0.3, 0.4) is 0 Å². The van der Waals surface area contributed by atoms with Gasteiger partial charge in [-0.05, 0) is 113 Å². The predicted molar refractivity (Wildman–Crippen MR) is 225 cm³/mol. The lowest BCUT2D eigenvalue weighted by Gasteiger charge is -2.26. The number of halogens is 2. The van der Waals surface area contributed by atoms with Crippen molar-refractivity contribution in [2.75, 3.05) is 38.2 Å². The van der Waals surface area contributed by atoms with Crippen molar-refractivity contribution >= 4 is 62.9 Å². The number of anilines is 1. The minimum atomic E-state index is -0.156. The van der Waals surface area contributed by atoms with Crippen molar-refractivity contribution in [3.63, 3.8) is 0 Å². The summed E-state index contributed by atoms with van der Waals surface area (Å²) in [7, 11) is 6.05. The van der Waals surface area contributed by atoms with Gasteiger partial charge in [0.05, 0.1) is 34.2 Å². The highest BCUT2D eigenvalue weighted by atomic mass is 35.5. The number of aldehydes is 1. The molecule has 1 saturated heterocycles. The van der Waals surface area contributed by atoms with Gasteiger partial charge in [-0.2, -0.15) is 5.10 Å². The summed E-state index contributed by atoms with van der Waals surface area (Å²) in [4.78, 5) is 30.9. The van der Waals surface area contributed by atoms with E-state index in [2.05, 4.69) is 41.1 Å². The van der Waals surface area contributed by atoms with Crippen LogP contribution >= 0.6 is 23.2 Å². The Morgan fingerprint density at radius 1 is 0.982 bits per heavy atom. The van der Waals surface area contributed by atoms with Crippen LogP contribution in [0.5, 0.6) is 5.75 Å². The van der Waals surface area contributed by atoms with Crippen LogP contribution in [-0.4, -0.2) is 69.3 Å². The first-order chi connectivity index (χ1) is 26.3. The second kappa shape index (κ2) is 15.4. The minimum Gasteiger partial charge on any atom is -0.494 e. The van der Waals surface area contributed by atoms with E-state index in [9.17, 15) is 9.59 Å². The van der Waals surface area contributed by atoms with E-state index in [1.807, 2.05) is 86.9 Å². The molecule has 0 saturated carbocycles. The quantitative estimate of drug-likeness (QED) is 0.0913. The summed E-state index contributed by atoms with van der Waals surface area (Å²) >= 11 is 13.6. The van der Waals surface area contributed by atoms with Crippen LogP contribution in [0.2, 0.25) is 10.0 Å². The Morgan fingerprint density at radius 3 is 2.35 bits per heavy atom. The second-order valence-electron chi connectivity index (χ2n) is 15.2. The number of carbonyl (C=O) groups is 2. The highest BCUT2D eigenvalue weighted by Crippen LogP contribution is 2.43. The number of ether oxygens (including phenoxy) is 1. The highest BCUT2D eigenvalue weighted by Gasteiger charge is 2.28. The van der Waals surface area contributed by atoms with E-state index in [1.54, 1.807) is 0 Å². The molecule has 0 spiro atoms. The van der Waals surface area contributed by atoms with E-state index >= 15 is 0 Å². The number of hydrogen-bond acceptors (Lipinski definition) is 5. The molecule has 1 fully saturated rings. The summed E-state index contributed by atoms with van der Waals surface area (Å²) in [5, 5.41) is 8.12. The van der Waals surface area contributed by atoms with E-state index in [0.29, 0.717) is 42.3 Å². The lowest BCUT2D eigenvalue weighted by atomic mass is 9.98. The van der Waals surface area contributed by atoms with E-state index in [0.717, 1.165) is 110 Å². The molecule has 11 heteroatoms. The summed E-state index contributed by atoms with van der Waals surface area (Å²) in [6, 6.07) is 13.8. The topological polar surface area (TPSA) is 77.5 Å². The number of nitrogens with zero attached hydrogens (tertiary/aromatic N) is 6. The molecule has 288 valence electrons. The highest BCUT2D eigenvalue weighted by molar-refractivity contribution is 6.35. The third-order valence-electron chi connectivity index (χ3n) is 11.4. The molecule has 6 aromatic rings. The van der Waals surface area contributed by atoms with Crippen molar-refractivity contribution in [2.45, 2.75) is 66.3 Å². The first kappa shape index (κ1) is 38.5. The molecule has 1 aliphatic heterocycles. The summed E-state index contributed by atoms with van der Waals surface area (Å²) in [6.07, 6.45) is 6.55. The third-order valence-corrected chi connectivity index (χ3v) is 12.3. The molecule has 0 N–H and O–H groups in total. The molecule has 1 amide bonds. The molecule has 0 unspecified atom stereocenters. The lowest BCUT2D eigenvalue weighted by Crippen LogP contribution is -2.28. The summed E-state index contributed by atoms with van der Waals surface area (Å²) in [5.41, 5.74) is 11.0. The average Bonchev–Trinajstić information content (AvgIpc) is 3.93. The van der Waals surface area contributed by atoms with E-state index < -0.39 is 0 Å². The summed E-state index contributed by atoms with van der Waals surface area (Å²) < 4.78 is 12.4. The van der Waals surface area contributed by atoms with Crippen LogP contribution in [0.1, 0.15) is 81.2 Å². The minimum absolute atomic E-state index is 0.0846. The predicted octanol–water partition coefficient (Wildman–Crippen LogP) is 9.83. The van der Waals surface area contributed by atoms with Crippen LogP contribution < -0.4 is 9.64 Å². The summed E-state index contributed by atoms with van der Waals surface area (Å²) in [6.45, 7) is 12.9. The molecule has 0 bridgehead atoms. The Labute approximate surface area is 333 Å². The van der Waals surface area contributed by atoms with Gasteiger partial charge < -0.3 is 23.7 Å². The zero-order chi connectivity index (χ0) is 39.3. The van der Waals surface area contributed by atoms with Gasteiger partial charge >= 0.3 is 0 Å². The molecule has 0 radical (unpaired) electrons. The number of carbonyl (C=O) groups excluding carboxylic acids is 2. The van der Waals surface area contributed by atoms with Crippen molar-refractivity contribution in [3.05, 3.63) is 98.0 Å². The van der Waals surface area contributed by atoms with Gasteiger partial charge in [0, 0.05) is 96.7 Å². The SMILES string of the molecule is Cc1cc(OCCCc2c(C=O)n([C@H](C)CN(C)c3cn(C)c4ccc(C(=O)N5CCCC5)cc34)c3c(-c4c(C)nn(C)c4C)c(Cl)ccc23)cc(C)c1Cl. The molecular weight excluding hydrogens is 731 g/mol. The maximum absolute atomic E-state index is 13.4. The number of likely N-dealkylation sites (N-methyl/N-ethyl adjacent to an activating group) is 1. The number of benzene rings is 3. The molecule has 0 aliphatic carbocycles. The van der Waals surface area contributed by atoms with Gasteiger partial charge in [-0.15, -0.1) is 0 Å². The number of rotatable bonds is 12. The van der Waals surface area contributed by atoms with Gasteiger partial charge in [-0.25, -0.2) is 0 Å². The van der Waals surface area contributed by atoms with E-state index in [1.165, 1.54) is 0 Å². The average molecular weight is 782 g/mol. The van der Waals surface area contributed by atoms with Crippen molar-refractivity contribution < 1.29 is 14.3 Å². The van der Waals surface area contributed by atoms with Crippen LogP contribution in [0.25, 0.3) is 32.9 Å². The lowest BCUT2D eigenvalue weighted by molar-refractivity contribution is 0.0793. The van der Waals surface area contributed by atoms with Crippen molar-refractivity contribution in [3.8, 4) is 16.9 Å². The summed E-state index contributed by atoms with van der Waals surface area (Å²) in [5.74, 6) is 0.869. The first-order valence-corrected chi connectivity index (χ1v) is 19.9. The molecule has 1 aliphatic rings. The molecule has 4 heterocycles. The fraction of sp³-hybridized carbons (Fsp3) is 0.386. The Balaban J connectivity index is 1.28. The Morgan fingerprint density at radius 2 is 1.69 bits per heavy atom. The largest absolute Gasteiger partial charge is 0.494 e. The van der Waals surface area contributed by atoms with E-state index in [-0.39, 0.29) is 11.9 Å². The molecule has 1 atom stereocenters. The molecular formula is C44H50Cl2N6O3. The number of aromatic nitrogens is 4. The normalized spacial score (nSPS) is 13.7. The first-order valence-electron chi connectivity index (χ1n) is 19.1. The van der Waals surface area contributed by atoms with Crippen LogP contribution in [0, 0.1) is 27.7 Å². The van der Waals surface area contributed by atoms with Gasteiger partial charge in [-0.3, -0.25) is 14.3 Å². The number of aryl methyl sites for hydroxylation is 6. The number of fused-ring (bicyclic) bond motifs is 2. The second-order valence-corrected chi connectivity index (χ2v) is 16.0. The Kier molecular flexibility index (Phi) is 10.8. The number of hydrogen-bond donors (Lipinski definition) is 0. The van der Waals surface area contributed by atoms with Gasteiger partial charge in [0.2, 0.25) is 0 Å². The van der Waals surface area contributed by atoms with Gasteiger partial charge in [-0.1, -0.05) is 29.3 Å². The number of amides is 1. The van der Waals surface area contributed by atoms with Crippen LogP contribution in [0.4, 0.5) is 5.69 Å². The smallest absolute Gasteiger partial charge is 0.253 e. The molecule has 3 aromatic heterocycles. The standard InChI is InChI=1S/C44H50Cl2N6O3/c1-26-20-32(21-27(2)42(26)46)55-19-11-12-33-34-14-15-36(45)41(40-29(4)47-50(8)30(40)5)43(34)52(39(33)25-53)28(3)23-48(6)38-24-49(7)37-16-13-31(22-35(37)38)44(54)51-17-9-10-18-51/h13-16,20-22,24-25,28H,9-12,17-19,23H2,1-8H3/t28-/m1/s1. The Hall–Kier alpha value is -4.73.